The molecule has 6 atom stereocenters. The van der Waals surface area contributed by atoms with E-state index in [1.165, 1.54) is 6.42 Å². The van der Waals surface area contributed by atoms with E-state index in [-0.39, 0.29) is 24.8 Å². The summed E-state index contributed by atoms with van der Waals surface area (Å²) in [5.74, 6) is -7.66. The van der Waals surface area contributed by atoms with Crippen molar-refractivity contribution in [3.8, 4) is 0 Å². The van der Waals surface area contributed by atoms with Gasteiger partial charge in [0, 0.05) is 0 Å². The first kappa shape index (κ1) is 53.6. The number of aliphatic hydroxyl groups is 1. The summed E-state index contributed by atoms with van der Waals surface area (Å²) >= 11 is 0. The van der Waals surface area contributed by atoms with E-state index in [4.69, 9.17) is 11.5 Å². The first-order chi connectivity index (χ1) is 28.7. The van der Waals surface area contributed by atoms with Gasteiger partial charge in [0.25, 0.3) is 0 Å². The summed E-state index contributed by atoms with van der Waals surface area (Å²) in [6, 6.07) is -5.39. The van der Waals surface area contributed by atoms with Crippen LogP contribution in [0.5, 0.6) is 0 Å². The first-order valence-electron chi connectivity index (χ1n) is 20.9. The highest BCUT2D eigenvalue weighted by Gasteiger charge is 2.31. The van der Waals surface area contributed by atoms with E-state index >= 15 is 0 Å². The van der Waals surface area contributed by atoms with Gasteiger partial charge in [0.2, 0.25) is 59.1 Å². The van der Waals surface area contributed by atoms with Crippen LogP contribution in [0.3, 0.4) is 0 Å². The molecule has 1 aliphatic carbocycles. The molecule has 0 radical (unpaired) electrons. The van der Waals surface area contributed by atoms with Crippen LogP contribution in [0.15, 0.2) is 0 Å². The maximum absolute atomic E-state index is 13.2. The van der Waals surface area contributed by atoms with Crippen LogP contribution in [0.4, 0.5) is 0 Å². The Morgan fingerprint density at radius 1 is 0.574 bits per heavy atom. The van der Waals surface area contributed by atoms with E-state index in [1.54, 1.807) is 34.6 Å². The fourth-order valence-electron chi connectivity index (χ4n) is 6.32. The van der Waals surface area contributed by atoms with Crippen molar-refractivity contribution in [2.24, 2.45) is 35.1 Å². The van der Waals surface area contributed by atoms with Crippen molar-refractivity contribution in [1.82, 2.24) is 47.9 Å². The Bertz CT molecular complexity index is 1520. The summed E-state index contributed by atoms with van der Waals surface area (Å²) < 4.78 is 0. The maximum atomic E-state index is 13.2. The van der Waals surface area contributed by atoms with E-state index in [1.807, 2.05) is 6.92 Å². The summed E-state index contributed by atoms with van der Waals surface area (Å²) in [5, 5.41) is 31.1. The van der Waals surface area contributed by atoms with Crippen LogP contribution in [-0.4, -0.2) is 134 Å². The van der Waals surface area contributed by atoms with E-state index < -0.39 is 128 Å². The minimum atomic E-state index is -1.36. The van der Waals surface area contributed by atoms with Crippen molar-refractivity contribution in [1.29, 1.82) is 0 Å². The molecule has 1 saturated carbocycles. The number of aliphatic hydroxyl groups excluding tert-OH is 1. The van der Waals surface area contributed by atoms with Crippen molar-refractivity contribution < 1.29 is 53.1 Å². The first-order valence-corrected chi connectivity index (χ1v) is 20.9. The van der Waals surface area contributed by atoms with E-state index in [0.29, 0.717) is 18.8 Å². The van der Waals surface area contributed by atoms with Gasteiger partial charge in [-0.15, -0.1) is 0 Å². The number of rotatable bonds is 27. The molecule has 22 nitrogen and oxygen atoms in total. The molecule has 346 valence electrons. The minimum Gasteiger partial charge on any atom is -0.394 e. The van der Waals surface area contributed by atoms with Gasteiger partial charge in [-0.2, -0.15) is 0 Å². The second kappa shape index (κ2) is 28.2. The van der Waals surface area contributed by atoms with Crippen LogP contribution >= 0.6 is 0 Å². The van der Waals surface area contributed by atoms with Crippen LogP contribution < -0.4 is 59.3 Å². The fraction of sp³-hybridized carbons (Fsp3) is 0.744. The highest BCUT2D eigenvalue weighted by molar-refractivity contribution is 5.96. The van der Waals surface area contributed by atoms with Gasteiger partial charge in [-0.25, -0.2) is 0 Å². The Morgan fingerprint density at radius 2 is 1.03 bits per heavy atom. The predicted molar refractivity (Wildman–Crippen MR) is 222 cm³/mol. The number of amides is 10. The zero-order valence-corrected chi connectivity index (χ0v) is 36.3. The van der Waals surface area contributed by atoms with Crippen molar-refractivity contribution in [3.63, 3.8) is 0 Å². The van der Waals surface area contributed by atoms with Crippen LogP contribution in [-0.2, 0) is 47.9 Å². The molecule has 0 aromatic carbocycles. The van der Waals surface area contributed by atoms with Crippen molar-refractivity contribution in [2.75, 3.05) is 39.3 Å². The molecule has 61 heavy (non-hydrogen) atoms. The summed E-state index contributed by atoms with van der Waals surface area (Å²) in [6.45, 7) is 7.08. The molecule has 1 fully saturated rings. The molecule has 22 heteroatoms. The Balaban J connectivity index is 2.52. The third-order valence-corrected chi connectivity index (χ3v) is 10.1. The zero-order chi connectivity index (χ0) is 46.2. The largest absolute Gasteiger partial charge is 0.394 e. The summed E-state index contributed by atoms with van der Waals surface area (Å²) in [4.78, 5) is 125. The smallest absolute Gasteiger partial charge is 0.243 e. The number of nitrogens with one attached hydrogen (secondary N) is 9. The van der Waals surface area contributed by atoms with Crippen LogP contribution in [0.25, 0.3) is 0 Å². The van der Waals surface area contributed by atoms with Gasteiger partial charge in [-0.1, -0.05) is 80.1 Å². The number of primary amides is 1. The van der Waals surface area contributed by atoms with Gasteiger partial charge < -0.3 is 64.4 Å². The quantitative estimate of drug-likeness (QED) is 0.0376. The number of nitrogens with two attached hydrogens (primary N) is 2. The molecule has 10 amide bonds. The van der Waals surface area contributed by atoms with Gasteiger partial charge in [0.1, 0.15) is 24.2 Å². The molecule has 0 aromatic rings. The lowest BCUT2D eigenvalue weighted by atomic mass is 9.85. The second-order valence-electron chi connectivity index (χ2n) is 16.2. The molecular formula is C39H69N11O11. The highest BCUT2D eigenvalue weighted by Crippen LogP contribution is 2.27. The highest BCUT2D eigenvalue weighted by atomic mass is 16.3. The van der Waals surface area contributed by atoms with Crippen molar-refractivity contribution in [2.45, 2.75) is 123 Å². The number of carbonyl (C=O) groups excluding carboxylic acids is 10. The lowest BCUT2D eigenvalue weighted by Gasteiger charge is -2.27. The van der Waals surface area contributed by atoms with Crippen LogP contribution in [0, 0.1) is 23.7 Å². The molecule has 0 heterocycles. The Labute approximate surface area is 357 Å². The second-order valence-corrected chi connectivity index (χ2v) is 16.2. The average molecular weight is 868 g/mol. The zero-order valence-electron chi connectivity index (χ0n) is 36.3. The third kappa shape index (κ3) is 21.6. The third-order valence-electron chi connectivity index (χ3n) is 10.1. The molecule has 1 aliphatic rings. The van der Waals surface area contributed by atoms with Gasteiger partial charge in [0.05, 0.1) is 45.4 Å². The minimum absolute atomic E-state index is 0.0753. The molecule has 0 bridgehead atoms. The molecular weight excluding hydrogens is 798 g/mol. The average Bonchev–Trinajstić information content (AvgIpc) is 3.21. The lowest BCUT2D eigenvalue weighted by molar-refractivity contribution is -0.134. The summed E-state index contributed by atoms with van der Waals surface area (Å²) in [5.41, 5.74) is 11.2. The van der Waals surface area contributed by atoms with Gasteiger partial charge in [-0.05, 0) is 36.5 Å². The molecule has 0 saturated heterocycles. The molecule has 0 aliphatic heterocycles. The Kier molecular flexibility index (Phi) is 24.8. The molecule has 14 N–H and O–H groups in total. The topological polar surface area (TPSA) is 351 Å². The van der Waals surface area contributed by atoms with E-state index in [2.05, 4.69) is 47.9 Å². The van der Waals surface area contributed by atoms with Gasteiger partial charge in [-0.3, -0.25) is 47.9 Å². The number of carbonyl (C=O) groups is 10. The number of hydrogen-bond donors (Lipinski definition) is 12. The Morgan fingerprint density at radius 3 is 1.51 bits per heavy atom. The molecule has 0 aromatic heterocycles. The predicted octanol–water partition coefficient (Wildman–Crippen LogP) is -3.97. The van der Waals surface area contributed by atoms with E-state index in [9.17, 15) is 53.1 Å². The summed E-state index contributed by atoms with van der Waals surface area (Å²) in [7, 11) is 0. The SMILES string of the molecule is CCC(C)C(NC(=O)CNC(=O)C(N)CC1CCCCC1)C(=O)NCC(=O)NCC(=O)NCC(=O)NCC(=O)NC(C(=O)N[C@@H](CC(C)C)C(=O)NC(CO)C(N)=O)C(C)C. The standard InChI is InChI=1S/C39H69N11O11/c1-7-23(6)34(50-32(56)19-45-36(58)25(40)14-24-11-9-8-10-12-24)38(60)46-17-30(54)43-15-28(52)42-16-29(53)44-18-31(55)49-33(22(4)5)39(61)47-26(13-21(2)3)37(59)48-27(20-51)35(41)57/h21-27,33-34,51H,7-20,40H2,1-6H3,(H2,41,57)(H,42,52)(H,43,54)(H,44,53)(H,45,58)(H,46,60)(H,47,61)(H,48,59)(H,49,55)(H,50,56)/t23?,25?,26-,27?,33?,34?/m0/s1. The fourth-order valence-corrected chi connectivity index (χ4v) is 6.32. The molecule has 1 rings (SSSR count). The molecule has 5 unspecified atom stereocenters. The maximum Gasteiger partial charge on any atom is 0.243 e. The van der Waals surface area contributed by atoms with Crippen molar-refractivity contribution in [3.05, 3.63) is 0 Å². The molecule has 0 spiro atoms. The van der Waals surface area contributed by atoms with E-state index in [0.717, 1.165) is 25.7 Å². The lowest BCUT2D eigenvalue weighted by Crippen LogP contribution is -2.58. The normalized spacial score (nSPS) is 15.7. The van der Waals surface area contributed by atoms with Crippen LogP contribution in [0.2, 0.25) is 0 Å². The van der Waals surface area contributed by atoms with Gasteiger partial charge in [0.15, 0.2) is 0 Å². The summed E-state index contributed by atoms with van der Waals surface area (Å²) in [6.07, 6.45) is 6.66. The Hall–Kier alpha value is -5.38. The number of hydrogen-bond acceptors (Lipinski definition) is 12. The van der Waals surface area contributed by atoms with Crippen LogP contribution in [0.1, 0.15) is 92.9 Å². The van der Waals surface area contributed by atoms with Gasteiger partial charge >= 0.3 is 0 Å². The monoisotopic (exact) mass is 868 g/mol. The van der Waals surface area contributed by atoms with Crippen molar-refractivity contribution >= 4 is 59.1 Å².